The topological polar surface area (TPSA) is 115 Å². The Labute approximate surface area is 159 Å². The van der Waals surface area contributed by atoms with Gasteiger partial charge in [-0.15, -0.1) is 0 Å². The monoisotopic (exact) mass is 392 g/mol. The van der Waals surface area contributed by atoms with Gasteiger partial charge in [0.1, 0.15) is 11.3 Å². The van der Waals surface area contributed by atoms with Gasteiger partial charge in [-0.25, -0.2) is 13.6 Å². The number of fused-ring (bicyclic) bond motifs is 1. The van der Waals surface area contributed by atoms with E-state index in [1.807, 2.05) is 6.92 Å². The largest absolute Gasteiger partial charge is 0.477 e. The lowest BCUT2D eigenvalue weighted by molar-refractivity contribution is 0.0695. The minimum Gasteiger partial charge on any atom is -0.477 e. The predicted molar refractivity (Wildman–Crippen MR) is 102 cm³/mol. The molecule has 9 heteroatoms. The Morgan fingerprint density at radius 2 is 1.96 bits per heavy atom. The average molecular weight is 392 g/mol. The van der Waals surface area contributed by atoms with Gasteiger partial charge in [0.15, 0.2) is 11.6 Å². The standard InChI is InChI=1S/C19H22F2N4O3/c1-8-5-24(6-9(8)4-22)17-13(20)15(23)12-16(14(17)21)25(10-2-3-10)7-11(18(12)26)19(27)28/h7-10H,2-6,22-23H2,1H3,(H,27,28). The van der Waals surface area contributed by atoms with Crippen LogP contribution in [-0.2, 0) is 0 Å². The molecule has 1 aromatic heterocycles. The molecule has 2 unspecified atom stereocenters. The summed E-state index contributed by atoms with van der Waals surface area (Å²) in [6.45, 7) is 3.18. The van der Waals surface area contributed by atoms with Crippen molar-refractivity contribution in [1.82, 2.24) is 4.57 Å². The number of benzene rings is 1. The van der Waals surface area contributed by atoms with Crippen LogP contribution in [0.2, 0.25) is 0 Å². The van der Waals surface area contributed by atoms with Crippen LogP contribution < -0.4 is 21.8 Å². The van der Waals surface area contributed by atoms with Gasteiger partial charge in [-0.05, 0) is 31.2 Å². The third-order valence-corrected chi connectivity index (χ3v) is 5.92. The normalized spacial score (nSPS) is 22.2. The number of nitrogen functional groups attached to an aromatic ring is 1. The SMILES string of the molecule is CC1CN(c2c(F)c(N)c3c(=O)c(C(=O)O)cn(C4CC4)c3c2F)CC1CN. The van der Waals surface area contributed by atoms with E-state index in [9.17, 15) is 14.7 Å². The molecule has 4 rings (SSSR count). The Kier molecular flexibility index (Phi) is 4.29. The van der Waals surface area contributed by atoms with Gasteiger partial charge in [-0.1, -0.05) is 6.92 Å². The van der Waals surface area contributed by atoms with Crippen molar-refractivity contribution >= 4 is 28.2 Å². The van der Waals surface area contributed by atoms with E-state index in [0.717, 1.165) is 19.0 Å². The lowest BCUT2D eigenvalue weighted by Gasteiger charge is -2.23. The number of halogens is 2. The summed E-state index contributed by atoms with van der Waals surface area (Å²) in [4.78, 5) is 25.7. The lowest BCUT2D eigenvalue weighted by atomic mass is 9.99. The molecule has 7 nitrogen and oxygen atoms in total. The summed E-state index contributed by atoms with van der Waals surface area (Å²) in [5, 5.41) is 8.92. The molecule has 2 aromatic rings. The second-order valence-electron chi connectivity index (χ2n) is 7.81. The highest BCUT2D eigenvalue weighted by molar-refractivity contribution is 5.99. The number of hydrogen-bond acceptors (Lipinski definition) is 5. The molecule has 0 bridgehead atoms. The van der Waals surface area contributed by atoms with E-state index in [0.29, 0.717) is 19.6 Å². The summed E-state index contributed by atoms with van der Waals surface area (Å²) in [5.74, 6) is -3.12. The van der Waals surface area contributed by atoms with Crippen LogP contribution in [0.15, 0.2) is 11.0 Å². The van der Waals surface area contributed by atoms with E-state index >= 15 is 8.78 Å². The smallest absolute Gasteiger partial charge is 0.341 e. The summed E-state index contributed by atoms with van der Waals surface area (Å²) in [5.41, 5.74) is 9.23. The zero-order valence-electron chi connectivity index (χ0n) is 15.4. The average Bonchev–Trinajstić information content (AvgIpc) is 3.42. The van der Waals surface area contributed by atoms with Gasteiger partial charge in [0, 0.05) is 25.3 Å². The molecule has 2 heterocycles. The van der Waals surface area contributed by atoms with Crippen molar-refractivity contribution in [3.63, 3.8) is 0 Å². The highest BCUT2D eigenvalue weighted by atomic mass is 19.1. The van der Waals surface area contributed by atoms with E-state index in [1.54, 1.807) is 4.90 Å². The van der Waals surface area contributed by atoms with Gasteiger partial charge in [0.05, 0.1) is 16.6 Å². The van der Waals surface area contributed by atoms with Gasteiger partial charge in [0.2, 0.25) is 5.43 Å². The van der Waals surface area contributed by atoms with Crippen molar-refractivity contribution in [1.29, 1.82) is 0 Å². The Balaban J connectivity index is 2.03. The summed E-state index contributed by atoms with van der Waals surface area (Å²) in [7, 11) is 0. The van der Waals surface area contributed by atoms with Crippen LogP contribution in [-0.4, -0.2) is 35.3 Å². The van der Waals surface area contributed by atoms with Gasteiger partial charge in [-0.2, -0.15) is 0 Å². The van der Waals surface area contributed by atoms with Crippen LogP contribution in [0.1, 0.15) is 36.2 Å². The molecule has 2 aliphatic rings. The van der Waals surface area contributed by atoms with Crippen molar-refractivity contribution in [2.45, 2.75) is 25.8 Å². The highest BCUT2D eigenvalue weighted by Crippen LogP contribution is 2.42. The number of hydrogen-bond donors (Lipinski definition) is 3. The van der Waals surface area contributed by atoms with Crippen molar-refractivity contribution < 1.29 is 18.7 Å². The summed E-state index contributed by atoms with van der Waals surface area (Å²) >= 11 is 0. The maximum Gasteiger partial charge on any atom is 0.341 e. The molecule has 2 atom stereocenters. The van der Waals surface area contributed by atoms with E-state index in [-0.39, 0.29) is 29.1 Å². The molecule has 1 aliphatic carbocycles. The highest BCUT2D eigenvalue weighted by Gasteiger charge is 2.36. The van der Waals surface area contributed by atoms with Gasteiger partial charge >= 0.3 is 5.97 Å². The minimum atomic E-state index is -1.45. The number of carboxylic acids is 1. The van der Waals surface area contributed by atoms with Crippen LogP contribution in [0.4, 0.5) is 20.2 Å². The molecule has 0 spiro atoms. The number of pyridine rings is 1. The third kappa shape index (κ3) is 2.64. The molecule has 1 aromatic carbocycles. The Bertz CT molecular complexity index is 1050. The van der Waals surface area contributed by atoms with E-state index < -0.39 is 39.7 Å². The number of aromatic nitrogens is 1. The lowest BCUT2D eigenvalue weighted by Crippen LogP contribution is -2.27. The molecular formula is C19H22F2N4O3. The molecule has 2 fully saturated rings. The quantitative estimate of drug-likeness (QED) is 0.685. The first kappa shape index (κ1) is 18.7. The number of anilines is 2. The van der Waals surface area contributed by atoms with Crippen LogP contribution in [0.25, 0.3) is 10.9 Å². The number of carbonyl (C=O) groups is 1. The van der Waals surface area contributed by atoms with E-state index in [2.05, 4.69) is 0 Å². The van der Waals surface area contributed by atoms with Crippen LogP contribution >= 0.6 is 0 Å². The molecule has 28 heavy (non-hydrogen) atoms. The van der Waals surface area contributed by atoms with Crippen LogP contribution in [0.3, 0.4) is 0 Å². The van der Waals surface area contributed by atoms with Gasteiger partial charge < -0.3 is 26.0 Å². The predicted octanol–water partition coefficient (Wildman–Crippen LogP) is 1.93. The van der Waals surface area contributed by atoms with E-state index in [4.69, 9.17) is 11.5 Å². The van der Waals surface area contributed by atoms with Gasteiger partial charge in [0.25, 0.3) is 0 Å². The molecule has 1 saturated heterocycles. The first-order valence-electron chi connectivity index (χ1n) is 9.29. The fourth-order valence-electron chi connectivity index (χ4n) is 4.15. The number of nitrogens with zero attached hydrogens (tertiary/aromatic N) is 2. The summed E-state index contributed by atoms with van der Waals surface area (Å²) in [6.07, 6.45) is 2.59. The Morgan fingerprint density at radius 1 is 1.29 bits per heavy atom. The number of nitrogens with two attached hydrogens (primary N) is 2. The van der Waals surface area contributed by atoms with Crippen molar-refractivity contribution in [3.05, 3.63) is 33.6 Å². The maximum absolute atomic E-state index is 15.6. The zero-order valence-corrected chi connectivity index (χ0v) is 15.4. The zero-order chi connectivity index (χ0) is 20.3. The summed E-state index contributed by atoms with van der Waals surface area (Å²) < 4.78 is 32.2. The summed E-state index contributed by atoms with van der Waals surface area (Å²) in [6, 6.07) is -0.136. The van der Waals surface area contributed by atoms with Crippen LogP contribution in [0, 0.1) is 23.5 Å². The molecule has 1 aliphatic heterocycles. The molecule has 150 valence electrons. The molecule has 0 radical (unpaired) electrons. The third-order valence-electron chi connectivity index (χ3n) is 5.92. The fraction of sp³-hybridized carbons (Fsp3) is 0.474. The van der Waals surface area contributed by atoms with Crippen molar-refractivity contribution in [3.8, 4) is 0 Å². The molecule has 5 N–H and O–H groups in total. The van der Waals surface area contributed by atoms with Crippen molar-refractivity contribution in [2.24, 2.45) is 17.6 Å². The Morgan fingerprint density at radius 3 is 2.50 bits per heavy atom. The van der Waals surface area contributed by atoms with E-state index in [1.165, 1.54) is 4.57 Å². The van der Waals surface area contributed by atoms with Gasteiger partial charge in [-0.3, -0.25) is 4.79 Å². The Hall–Kier alpha value is -2.68. The number of carboxylic acid groups (broad SMARTS) is 1. The number of rotatable bonds is 4. The van der Waals surface area contributed by atoms with Crippen LogP contribution in [0.5, 0.6) is 0 Å². The first-order valence-corrected chi connectivity index (χ1v) is 9.29. The fourth-order valence-corrected chi connectivity index (χ4v) is 4.15. The second kappa shape index (κ2) is 6.44. The van der Waals surface area contributed by atoms with Crippen molar-refractivity contribution in [2.75, 3.05) is 30.3 Å². The number of aromatic carboxylic acids is 1. The molecule has 0 amide bonds. The maximum atomic E-state index is 15.6. The minimum absolute atomic E-state index is 0.0933. The second-order valence-corrected chi connectivity index (χ2v) is 7.81. The molecular weight excluding hydrogens is 370 g/mol. The first-order chi connectivity index (χ1) is 13.3. The molecule has 1 saturated carbocycles.